The molecule has 0 spiro atoms. The molecule has 5 amide bonds. The lowest BCUT2D eigenvalue weighted by Crippen LogP contribution is -2.52. The first kappa shape index (κ1) is 27.0. The Balaban J connectivity index is 1.22. The maximum atomic E-state index is 13.7. The summed E-state index contributed by atoms with van der Waals surface area (Å²) in [6.07, 6.45) is 2.42. The molecule has 2 saturated heterocycles. The number of rotatable bonds is 6. The highest BCUT2D eigenvalue weighted by Crippen LogP contribution is 2.43. The van der Waals surface area contributed by atoms with Crippen LogP contribution in [0, 0.1) is 5.92 Å². The fraction of sp³-hybridized carbons (Fsp3) is 0.407. The van der Waals surface area contributed by atoms with Crippen molar-refractivity contribution in [2.45, 2.75) is 37.9 Å². The van der Waals surface area contributed by atoms with Gasteiger partial charge in [0.25, 0.3) is 5.91 Å². The van der Waals surface area contributed by atoms with Crippen LogP contribution in [0.5, 0.6) is 0 Å². The van der Waals surface area contributed by atoms with Crippen LogP contribution in [0.15, 0.2) is 36.4 Å². The Morgan fingerprint density at radius 1 is 1.07 bits per heavy atom. The van der Waals surface area contributed by atoms with Crippen molar-refractivity contribution >= 4 is 57.8 Å². The summed E-state index contributed by atoms with van der Waals surface area (Å²) in [6, 6.07) is 9.03. The van der Waals surface area contributed by atoms with Crippen molar-refractivity contribution in [3.8, 4) is 0 Å². The molecule has 214 valence electrons. The predicted octanol–water partition coefficient (Wildman–Crippen LogP) is 1.64. The first-order valence-corrected chi connectivity index (χ1v) is 14.0. The minimum absolute atomic E-state index is 0.00432. The first-order chi connectivity index (χ1) is 19.8. The number of fused-ring (bicyclic) bond motifs is 3. The second-order valence-electron chi connectivity index (χ2n) is 10.6. The van der Waals surface area contributed by atoms with Gasteiger partial charge < -0.3 is 31.5 Å². The summed E-state index contributed by atoms with van der Waals surface area (Å²) in [4.78, 5) is 59.5. The monoisotopic (exact) mass is 579 g/mol. The van der Waals surface area contributed by atoms with E-state index in [1.807, 2.05) is 0 Å². The van der Waals surface area contributed by atoms with Gasteiger partial charge in [-0.1, -0.05) is 17.7 Å². The molecule has 3 atom stereocenters. The number of carbonyl (C=O) groups is 4. The van der Waals surface area contributed by atoms with E-state index >= 15 is 0 Å². The van der Waals surface area contributed by atoms with E-state index in [1.54, 1.807) is 46.2 Å². The van der Waals surface area contributed by atoms with Crippen LogP contribution in [0.25, 0.3) is 10.9 Å². The Kier molecular flexibility index (Phi) is 7.22. The lowest BCUT2D eigenvalue weighted by Gasteiger charge is -2.34. The van der Waals surface area contributed by atoms with Gasteiger partial charge in [0, 0.05) is 43.3 Å². The van der Waals surface area contributed by atoms with Gasteiger partial charge in [0.15, 0.2) is 5.69 Å². The number of amides is 5. The van der Waals surface area contributed by atoms with Crippen molar-refractivity contribution in [3.05, 3.63) is 47.2 Å². The average molecular weight is 580 g/mol. The summed E-state index contributed by atoms with van der Waals surface area (Å²) in [6.45, 7) is 2.44. The Bertz CT molecular complexity index is 1540. The number of hydrogen-bond donors (Lipinski definition) is 4. The number of piperazine rings is 1. The van der Waals surface area contributed by atoms with Crippen molar-refractivity contribution in [2.24, 2.45) is 11.7 Å². The molecule has 1 aromatic carbocycles. The third-order valence-electron chi connectivity index (χ3n) is 8.03. The molecule has 2 aromatic heterocycles. The van der Waals surface area contributed by atoms with E-state index in [-0.39, 0.29) is 47.2 Å². The van der Waals surface area contributed by atoms with Crippen LogP contribution in [0.2, 0.25) is 5.15 Å². The fourth-order valence-electron chi connectivity index (χ4n) is 6.20. The fourth-order valence-corrected chi connectivity index (χ4v) is 6.37. The number of hydrogen-bond acceptors (Lipinski definition) is 7. The SMILES string of the molecule is NC(=O)c1nn(CC(=O)N2[C@@H]3CC[C@@H](C3)[C@H]2C(=O)Nc2cccc(Cl)n2)c2ccc(NC(=O)N3CCNCC3)cc12. The van der Waals surface area contributed by atoms with Crippen LogP contribution in [0.1, 0.15) is 29.8 Å². The third-order valence-corrected chi connectivity index (χ3v) is 8.24. The predicted molar refractivity (Wildman–Crippen MR) is 151 cm³/mol. The number of carbonyl (C=O) groups excluding carboxylic acids is 4. The van der Waals surface area contributed by atoms with Crippen molar-refractivity contribution in [1.82, 2.24) is 29.9 Å². The van der Waals surface area contributed by atoms with E-state index in [1.165, 1.54) is 4.68 Å². The van der Waals surface area contributed by atoms with Crippen LogP contribution in [0.4, 0.5) is 16.3 Å². The van der Waals surface area contributed by atoms with E-state index in [9.17, 15) is 19.2 Å². The number of anilines is 2. The van der Waals surface area contributed by atoms with Gasteiger partial charge in [-0.3, -0.25) is 19.1 Å². The molecule has 41 heavy (non-hydrogen) atoms. The quantitative estimate of drug-likeness (QED) is 0.322. The Hall–Kier alpha value is -4.23. The lowest BCUT2D eigenvalue weighted by molar-refractivity contribution is -0.141. The van der Waals surface area contributed by atoms with E-state index < -0.39 is 11.9 Å². The Morgan fingerprint density at radius 3 is 2.63 bits per heavy atom. The number of pyridine rings is 1. The van der Waals surface area contributed by atoms with Crippen LogP contribution in [0.3, 0.4) is 0 Å². The molecule has 3 aromatic rings. The van der Waals surface area contributed by atoms with Crippen molar-refractivity contribution in [3.63, 3.8) is 0 Å². The number of likely N-dealkylation sites (tertiary alicyclic amines) is 1. The zero-order valence-electron chi connectivity index (χ0n) is 22.2. The molecular formula is C27H30ClN9O4. The summed E-state index contributed by atoms with van der Waals surface area (Å²) < 4.78 is 1.43. The molecule has 2 bridgehead atoms. The average Bonchev–Trinajstić information content (AvgIpc) is 3.67. The van der Waals surface area contributed by atoms with Crippen molar-refractivity contribution in [1.29, 1.82) is 0 Å². The zero-order chi connectivity index (χ0) is 28.7. The Morgan fingerprint density at radius 2 is 1.88 bits per heavy atom. The molecule has 0 unspecified atom stereocenters. The number of benzene rings is 1. The number of aromatic nitrogens is 3. The van der Waals surface area contributed by atoms with Crippen LogP contribution in [-0.2, 0) is 16.1 Å². The Labute approximate surface area is 240 Å². The molecule has 5 N–H and O–H groups in total. The van der Waals surface area contributed by atoms with Crippen molar-refractivity contribution in [2.75, 3.05) is 36.8 Å². The molecule has 6 rings (SSSR count). The summed E-state index contributed by atoms with van der Waals surface area (Å²) in [7, 11) is 0. The van der Waals surface area contributed by atoms with Gasteiger partial charge in [0.1, 0.15) is 23.6 Å². The van der Waals surface area contributed by atoms with E-state index in [0.29, 0.717) is 35.5 Å². The highest BCUT2D eigenvalue weighted by atomic mass is 35.5. The molecule has 2 aliphatic heterocycles. The molecule has 13 nitrogen and oxygen atoms in total. The largest absolute Gasteiger partial charge is 0.364 e. The lowest BCUT2D eigenvalue weighted by atomic mass is 9.97. The number of nitrogens with two attached hydrogens (primary N) is 1. The second kappa shape index (κ2) is 11.0. The number of urea groups is 1. The van der Waals surface area contributed by atoms with Crippen LogP contribution < -0.4 is 21.7 Å². The van der Waals surface area contributed by atoms with E-state index in [2.05, 4.69) is 26.0 Å². The van der Waals surface area contributed by atoms with Gasteiger partial charge in [-0.2, -0.15) is 5.10 Å². The summed E-state index contributed by atoms with van der Waals surface area (Å²) in [5.74, 6) is -0.984. The molecule has 3 aliphatic rings. The summed E-state index contributed by atoms with van der Waals surface area (Å²) >= 11 is 5.97. The van der Waals surface area contributed by atoms with Gasteiger partial charge >= 0.3 is 6.03 Å². The molecule has 4 heterocycles. The van der Waals surface area contributed by atoms with Crippen LogP contribution in [-0.4, -0.2) is 86.6 Å². The third kappa shape index (κ3) is 5.30. The maximum absolute atomic E-state index is 13.7. The van der Waals surface area contributed by atoms with Crippen LogP contribution >= 0.6 is 11.6 Å². The number of halogens is 1. The highest BCUT2D eigenvalue weighted by Gasteiger charge is 2.51. The number of nitrogens with one attached hydrogen (secondary N) is 3. The zero-order valence-corrected chi connectivity index (χ0v) is 22.9. The van der Waals surface area contributed by atoms with Gasteiger partial charge in [-0.05, 0) is 55.5 Å². The van der Waals surface area contributed by atoms with Gasteiger partial charge in [0.2, 0.25) is 11.8 Å². The minimum Gasteiger partial charge on any atom is -0.364 e. The number of nitrogens with zero attached hydrogens (tertiary/aromatic N) is 5. The molecular weight excluding hydrogens is 550 g/mol. The van der Waals surface area contributed by atoms with Gasteiger partial charge in [-0.15, -0.1) is 0 Å². The number of piperidine rings is 1. The van der Waals surface area contributed by atoms with Gasteiger partial charge in [0.05, 0.1) is 5.52 Å². The van der Waals surface area contributed by atoms with Crippen molar-refractivity contribution < 1.29 is 19.2 Å². The second-order valence-corrected chi connectivity index (χ2v) is 11.0. The standard InChI is InChI=1S/C27H30ClN9O4/c28-20-2-1-3-21(32-20)33-26(40)24-15-4-6-17(12-15)37(24)22(38)14-36-19-7-5-16(13-18(19)23(34-36)25(29)39)31-27(41)35-10-8-30-9-11-35/h1-3,5,7,13,15,17,24,30H,4,6,8-12,14H2,(H2,29,39)(H,31,41)(H,32,33,40)/t15-,17+,24-/m0/s1. The maximum Gasteiger partial charge on any atom is 0.321 e. The minimum atomic E-state index is -0.752. The molecule has 14 heteroatoms. The van der Waals surface area contributed by atoms with Gasteiger partial charge in [-0.25, -0.2) is 9.78 Å². The normalized spacial score (nSPS) is 21.7. The summed E-state index contributed by atoms with van der Waals surface area (Å²) in [5, 5.41) is 13.9. The molecule has 0 radical (unpaired) electrons. The van der Waals surface area contributed by atoms with E-state index in [0.717, 1.165) is 32.4 Å². The first-order valence-electron chi connectivity index (χ1n) is 13.6. The smallest absolute Gasteiger partial charge is 0.321 e. The topological polar surface area (TPSA) is 168 Å². The molecule has 1 aliphatic carbocycles. The summed E-state index contributed by atoms with van der Waals surface area (Å²) in [5.41, 5.74) is 6.62. The number of primary amides is 1. The highest BCUT2D eigenvalue weighted by molar-refractivity contribution is 6.29. The molecule has 3 fully saturated rings. The molecule has 1 saturated carbocycles. The van der Waals surface area contributed by atoms with E-state index in [4.69, 9.17) is 17.3 Å².